The highest BCUT2D eigenvalue weighted by atomic mass is 16.5. The van der Waals surface area contributed by atoms with Gasteiger partial charge in [-0.1, -0.05) is 18.2 Å². The predicted octanol–water partition coefficient (Wildman–Crippen LogP) is 4.24. The summed E-state index contributed by atoms with van der Waals surface area (Å²) in [5.74, 6) is 0.684. The van der Waals surface area contributed by atoms with Gasteiger partial charge < -0.3 is 14.5 Å². The van der Waals surface area contributed by atoms with Crippen molar-refractivity contribution in [3.05, 3.63) is 59.4 Å². The second-order valence-electron chi connectivity index (χ2n) is 5.61. The van der Waals surface area contributed by atoms with E-state index in [2.05, 4.69) is 5.32 Å². The van der Waals surface area contributed by atoms with E-state index in [1.807, 2.05) is 50.2 Å². The van der Waals surface area contributed by atoms with Crippen molar-refractivity contribution in [1.29, 1.82) is 0 Å². The van der Waals surface area contributed by atoms with E-state index >= 15 is 0 Å². The molecule has 0 bridgehead atoms. The molecule has 1 N–H and O–H groups in total. The SMILES string of the molecule is COc1ccc2occ(CC(=O)Nc3c(C)cccc3C)c2c1. The zero-order valence-corrected chi connectivity index (χ0v) is 13.5. The van der Waals surface area contributed by atoms with E-state index in [0.717, 1.165) is 39.1 Å². The third kappa shape index (κ3) is 3.06. The molecule has 0 saturated heterocycles. The number of hydrogen-bond donors (Lipinski definition) is 1. The lowest BCUT2D eigenvalue weighted by Crippen LogP contribution is -2.15. The van der Waals surface area contributed by atoms with E-state index in [9.17, 15) is 4.79 Å². The minimum Gasteiger partial charge on any atom is -0.497 e. The van der Waals surface area contributed by atoms with Crippen LogP contribution in [0.4, 0.5) is 5.69 Å². The van der Waals surface area contributed by atoms with Crippen molar-refractivity contribution in [2.45, 2.75) is 20.3 Å². The molecule has 0 unspecified atom stereocenters. The predicted molar refractivity (Wildman–Crippen MR) is 91.0 cm³/mol. The van der Waals surface area contributed by atoms with Crippen LogP contribution >= 0.6 is 0 Å². The number of benzene rings is 2. The van der Waals surface area contributed by atoms with E-state index in [1.165, 1.54) is 0 Å². The maximum Gasteiger partial charge on any atom is 0.228 e. The normalized spacial score (nSPS) is 10.7. The lowest BCUT2D eigenvalue weighted by molar-refractivity contribution is -0.115. The largest absolute Gasteiger partial charge is 0.497 e. The number of nitrogens with one attached hydrogen (secondary N) is 1. The van der Waals surface area contributed by atoms with Gasteiger partial charge in [-0.25, -0.2) is 0 Å². The molecule has 0 spiro atoms. The molecule has 0 aliphatic heterocycles. The van der Waals surface area contributed by atoms with Crippen LogP contribution in [0.25, 0.3) is 11.0 Å². The van der Waals surface area contributed by atoms with Crippen LogP contribution in [0.3, 0.4) is 0 Å². The first-order valence-electron chi connectivity index (χ1n) is 7.48. The highest BCUT2D eigenvalue weighted by molar-refractivity contribution is 5.96. The maximum atomic E-state index is 12.4. The van der Waals surface area contributed by atoms with Gasteiger partial charge in [-0.2, -0.15) is 0 Å². The fourth-order valence-electron chi connectivity index (χ4n) is 2.69. The molecule has 0 aliphatic carbocycles. The van der Waals surface area contributed by atoms with Gasteiger partial charge in [0.25, 0.3) is 0 Å². The van der Waals surface area contributed by atoms with Gasteiger partial charge in [-0.05, 0) is 43.2 Å². The molecule has 0 radical (unpaired) electrons. The number of amides is 1. The summed E-state index contributed by atoms with van der Waals surface area (Å²) in [5, 5.41) is 3.90. The van der Waals surface area contributed by atoms with E-state index < -0.39 is 0 Å². The lowest BCUT2D eigenvalue weighted by atomic mass is 10.1. The first kappa shape index (κ1) is 15.2. The van der Waals surface area contributed by atoms with E-state index in [4.69, 9.17) is 9.15 Å². The van der Waals surface area contributed by atoms with Crippen molar-refractivity contribution in [2.24, 2.45) is 0 Å². The minimum atomic E-state index is -0.0621. The molecule has 1 aromatic heterocycles. The number of anilines is 1. The number of fused-ring (bicyclic) bond motifs is 1. The van der Waals surface area contributed by atoms with Crippen molar-refractivity contribution in [2.75, 3.05) is 12.4 Å². The summed E-state index contributed by atoms with van der Waals surface area (Å²) in [6, 6.07) is 11.5. The van der Waals surface area contributed by atoms with Crippen LogP contribution in [-0.2, 0) is 11.2 Å². The molecule has 118 valence electrons. The zero-order valence-electron chi connectivity index (χ0n) is 13.5. The first-order chi connectivity index (χ1) is 11.1. The Bertz CT molecular complexity index is 844. The summed E-state index contributed by atoms with van der Waals surface area (Å²) in [5.41, 5.74) is 4.58. The number of hydrogen-bond acceptors (Lipinski definition) is 3. The molecule has 3 aromatic rings. The topological polar surface area (TPSA) is 51.5 Å². The molecule has 0 saturated carbocycles. The molecule has 1 amide bonds. The number of carbonyl (C=O) groups excluding carboxylic acids is 1. The molecule has 4 heteroatoms. The average Bonchev–Trinajstić information content (AvgIpc) is 2.93. The molecule has 23 heavy (non-hydrogen) atoms. The molecule has 2 aromatic carbocycles. The first-order valence-corrected chi connectivity index (χ1v) is 7.48. The van der Waals surface area contributed by atoms with Crippen LogP contribution in [0.5, 0.6) is 5.75 Å². The maximum absolute atomic E-state index is 12.4. The zero-order chi connectivity index (χ0) is 16.4. The monoisotopic (exact) mass is 309 g/mol. The Hall–Kier alpha value is -2.75. The second kappa shape index (κ2) is 6.16. The molecular formula is C19H19NO3. The van der Waals surface area contributed by atoms with Gasteiger partial charge in [0.05, 0.1) is 19.8 Å². The van der Waals surface area contributed by atoms with Crippen LogP contribution in [0, 0.1) is 13.8 Å². The Morgan fingerprint density at radius 2 is 1.91 bits per heavy atom. The number of furan rings is 1. The lowest BCUT2D eigenvalue weighted by Gasteiger charge is -2.11. The van der Waals surface area contributed by atoms with Gasteiger partial charge in [0.2, 0.25) is 5.91 Å². The Labute approximate surface area is 135 Å². The van der Waals surface area contributed by atoms with Gasteiger partial charge in [0.15, 0.2) is 0 Å². The summed E-state index contributed by atoms with van der Waals surface area (Å²) in [6.07, 6.45) is 1.89. The molecule has 4 nitrogen and oxygen atoms in total. The van der Waals surface area contributed by atoms with Crippen LogP contribution in [-0.4, -0.2) is 13.0 Å². The highest BCUT2D eigenvalue weighted by Gasteiger charge is 2.13. The number of carbonyl (C=O) groups is 1. The third-order valence-corrected chi connectivity index (χ3v) is 3.96. The number of para-hydroxylation sites is 1. The quantitative estimate of drug-likeness (QED) is 0.784. The molecule has 0 atom stereocenters. The number of aryl methyl sites for hydroxylation is 2. The van der Waals surface area contributed by atoms with E-state index in [-0.39, 0.29) is 12.3 Å². The average molecular weight is 309 g/mol. The van der Waals surface area contributed by atoms with Gasteiger partial charge in [0, 0.05) is 16.6 Å². The van der Waals surface area contributed by atoms with Crippen molar-refractivity contribution in [3.8, 4) is 5.75 Å². The van der Waals surface area contributed by atoms with Crippen LogP contribution in [0.15, 0.2) is 47.1 Å². The van der Waals surface area contributed by atoms with Crippen LogP contribution in [0.2, 0.25) is 0 Å². The highest BCUT2D eigenvalue weighted by Crippen LogP contribution is 2.27. The van der Waals surface area contributed by atoms with Crippen molar-refractivity contribution in [3.63, 3.8) is 0 Å². The summed E-state index contributed by atoms with van der Waals surface area (Å²) >= 11 is 0. The van der Waals surface area contributed by atoms with Crippen molar-refractivity contribution < 1.29 is 13.9 Å². The number of ether oxygens (including phenoxy) is 1. The Kier molecular flexibility index (Phi) is 4.06. The number of methoxy groups -OCH3 is 1. The standard InChI is InChI=1S/C19H19NO3/c1-12-5-4-6-13(2)19(12)20-18(21)9-14-11-23-17-8-7-15(22-3)10-16(14)17/h4-8,10-11H,9H2,1-3H3,(H,20,21). The smallest absolute Gasteiger partial charge is 0.228 e. The molecular weight excluding hydrogens is 290 g/mol. The summed E-state index contributed by atoms with van der Waals surface area (Å²) in [6.45, 7) is 3.97. The van der Waals surface area contributed by atoms with Crippen LogP contribution in [0.1, 0.15) is 16.7 Å². The fraction of sp³-hybridized carbons (Fsp3) is 0.211. The van der Waals surface area contributed by atoms with Crippen molar-refractivity contribution >= 4 is 22.6 Å². The second-order valence-corrected chi connectivity index (χ2v) is 5.61. The molecule has 3 rings (SSSR count). The summed E-state index contributed by atoms with van der Waals surface area (Å²) < 4.78 is 10.7. The van der Waals surface area contributed by atoms with Crippen molar-refractivity contribution in [1.82, 2.24) is 0 Å². The number of rotatable bonds is 4. The van der Waals surface area contributed by atoms with Crippen LogP contribution < -0.4 is 10.1 Å². The van der Waals surface area contributed by atoms with Gasteiger partial charge in [-0.15, -0.1) is 0 Å². The Morgan fingerprint density at radius 1 is 1.17 bits per heavy atom. The minimum absolute atomic E-state index is 0.0621. The molecule has 0 fully saturated rings. The summed E-state index contributed by atoms with van der Waals surface area (Å²) in [7, 11) is 1.62. The summed E-state index contributed by atoms with van der Waals surface area (Å²) in [4.78, 5) is 12.4. The Morgan fingerprint density at radius 3 is 2.61 bits per heavy atom. The van der Waals surface area contributed by atoms with Gasteiger partial charge in [0.1, 0.15) is 11.3 Å². The third-order valence-electron chi connectivity index (χ3n) is 3.96. The molecule has 1 heterocycles. The molecule has 0 aliphatic rings. The van der Waals surface area contributed by atoms with E-state index in [1.54, 1.807) is 13.4 Å². The van der Waals surface area contributed by atoms with Gasteiger partial charge >= 0.3 is 0 Å². The Balaban J connectivity index is 1.83. The van der Waals surface area contributed by atoms with Gasteiger partial charge in [-0.3, -0.25) is 4.79 Å². The fourth-order valence-corrected chi connectivity index (χ4v) is 2.69. The van der Waals surface area contributed by atoms with E-state index in [0.29, 0.717) is 0 Å².